The van der Waals surface area contributed by atoms with Crippen LogP contribution < -0.4 is 10.4 Å². The summed E-state index contributed by atoms with van der Waals surface area (Å²) in [6.07, 6.45) is 3.75. The highest BCUT2D eigenvalue weighted by Gasteiger charge is 2.19. The van der Waals surface area contributed by atoms with Crippen LogP contribution in [0, 0.1) is 6.92 Å². The summed E-state index contributed by atoms with van der Waals surface area (Å²) in [5.41, 5.74) is 2.98. The Balaban J connectivity index is 1.92. The van der Waals surface area contributed by atoms with Gasteiger partial charge >= 0.3 is 0 Å². The van der Waals surface area contributed by atoms with Gasteiger partial charge in [0, 0.05) is 18.5 Å². The van der Waals surface area contributed by atoms with E-state index in [0.29, 0.717) is 5.69 Å². The van der Waals surface area contributed by atoms with E-state index in [1.165, 1.54) is 11.3 Å². The van der Waals surface area contributed by atoms with E-state index >= 15 is 0 Å². The molecule has 0 amide bonds. The first kappa shape index (κ1) is 20.2. The third-order valence-electron chi connectivity index (χ3n) is 5.39. The van der Waals surface area contributed by atoms with Gasteiger partial charge in [-0.2, -0.15) is 0 Å². The monoisotopic (exact) mass is 422 g/mol. The van der Waals surface area contributed by atoms with Crippen molar-refractivity contribution >= 4 is 17.0 Å². The van der Waals surface area contributed by atoms with Crippen molar-refractivity contribution < 1.29 is 4.42 Å². The fourth-order valence-electron chi connectivity index (χ4n) is 3.76. The average molecular weight is 423 g/mol. The van der Waals surface area contributed by atoms with E-state index in [2.05, 4.69) is 23.8 Å². The highest BCUT2D eigenvalue weighted by atomic mass is 32.1. The molecule has 0 saturated heterocycles. The molecular formula is C23H26N4O2S. The molecule has 3 heterocycles. The Bertz CT molecular complexity index is 1260. The minimum Gasteiger partial charge on any atom is -0.463 e. The Morgan fingerprint density at radius 2 is 1.93 bits per heavy atom. The lowest BCUT2D eigenvalue weighted by Gasteiger charge is -2.15. The number of hydrogen-bond donors (Lipinski definition) is 0. The molecule has 0 aliphatic carbocycles. The second-order valence-corrected chi connectivity index (χ2v) is 8.25. The van der Waals surface area contributed by atoms with E-state index < -0.39 is 0 Å². The van der Waals surface area contributed by atoms with Gasteiger partial charge in [-0.15, -0.1) is 11.3 Å². The Kier molecular flexibility index (Phi) is 5.63. The zero-order valence-electron chi connectivity index (χ0n) is 17.7. The highest BCUT2D eigenvalue weighted by Crippen LogP contribution is 2.26. The van der Waals surface area contributed by atoms with Crippen molar-refractivity contribution in [1.82, 2.24) is 13.9 Å². The molecule has 4 rings (SSSR count). The van der Waals surface area contributed by atoms with Crippen LogP contribution >= 0.6 is 11.3 Å². The summed E-state index contributed by atoms with van der Waals surface area (Å²) in [6.45, 7) is 6.29. The minimum absolute atomic E-state index is 0.121. The Morgan fingerprint density at radius 3 is 2.60 bits per heavy atom. The number of aromatic nitrogens is 3. The van der Waals surface area contributed by atoms with Crippen molar-refractivity contribution in [2.24, 2.45) is 12.0 Å². The topological polar surface area (TPSA) is 57.4 Å². The van der Waals surface area contributed by atoms with Gasteiger partial charge in [0.1, 0.15) is 0 Å². The van der Waals surface area contributed by atoms with Crippen LogP contribution in [0.3, 0.4) is 0 Å². The molecule has 0 fully saturated rings. The first-order chi connectivity index (χ1) is 14.5. The van der Waals surface area contributed by atoms with Crippen LogP contribution in [-0.4, -0.2) is 13.9 Å². The van der Waals surface area contributed by atoms with Crippen LogP contribution in [0.4, 0.5) is 5.69 Å². The molecule has 0 aliphatic heterocycles. The number of para-hydroxylation sites is 1. The van der Waals surface area contributed by atoms with Gasteiger partial charge in [-0.05, 0) is 44.5 Å². The molecule has 1 unspecified atom stereocenters. The van der Waals surface area contributed by atoms with Gasteiger partial charge in [0.05, 0.1) is 23.3 Å². The van der Waals surface area contributed by atoms with Crippen LogP contribution in [0.1, 0.15) is 38.4 Å². The summed E-state index contributed by atoms with van der Waals surface area (Å²) < 4.78 is 11.4. The molecule has 156 valence electrons. The lowest BCUT2D eigenvalue weighted by molar-refractivity contribution is 0.485. The number of furan rings is 1. The lowest BCUT2D eigenvalue weighted by Crippen LogP contribution is -2.21. The van der Waals surface area contributed by atoms with Crippen molar-refractivity contribution in [2.45, 2.75) is 39.7 Å². The van der Waals surface area contributed by atoms with E-state index in [1.54, 1.807) is 10.9 Å². The molecule has 0 radical (unpaired) electrons. The normalized spacial score (nSPS) is 13.1. The largest absolute Gasteiger partial charge is 0.463 e. The van der Waals surface area contributed by atoms with Crippen molar-refractivity contribution in [3.63, 3.8) is 0 Å². The predicted molar refractivity (Wildman–Crippen MR) is 121 cm³/mol. The molecule has 7 heteroatoms. The first-order valence-electron chi connectivity index (χ1n) is 10.2. The van der Waals surface area contributed by atoms with Crippen LogP contribution in [0.5, 0.6) is 0 Å². The summed E-state index contributed by atoms with van der Waals surface area (Å²) in [5, 5.41) is 2.05. The number of nitrogens with zero attached hydrogens (tertiary/aromatic N) is 4. The summed E-state index contributed by atoms with van der Waals surface area (Å²) in [6, 6.07) is 13.7. The van der Waals surface area contributed by atoms with E-state index in [9.17, 15) is 4.79 Å². The number of rotatable bonds is 6. The second-order valence-electron chi connectivity index (χ2n) is 7.41. The molecule has 3 aromatic heterocycles. The quantitative estimate of drug-likeness (QED) is 0.429. The maximum Gasteiger partial charge on any atom is 0.297 e. The van der Waals surface area contributed by atoms with E-state index in [4.69, 9.17) is 9.41 Å². The van der Waals surface area contributed by atoms with Gasteiger partial charge in [0.25, 0.3) is 5.56 Å². The SMILES string of the molecule is CCCC(C)n1c(-c2ccco2)csc1=Nc1c(C)n(C)n(-c2ccccc2)c1=O. The Labute approximate surface area is 179 Å². The van der Waals surface area contributed by atoms with Crippen LogP contribution in [0.25, 0.3) is 17.1 Å². The fraction of sp³-hybridized carbons (Fsp3) is 0.304. The van der Waals surface area contributed by atoms with Crippen molar-refractivity contribution in [3.8, 4) is 17.1 Å². The minimum atomic E-state index is -0.121. The first-order valence-corrected chi connectivity index (χ1v) is 11.0. The molecule has 6 nitrogen and oxygen atoms in total. The maximum atomic E-state index is 13.3. The van der Waals surface area contributed by atoms with Crippen molar-refractivity contribution in [1.29, 1.82) is 0 Å². The molecule has 0 bridgehead atoms. The third kappa shape index (κ3) is 3.50. The molecule has 0 saturated carbocycles. The Hall–Kier alpha value is -3.06. The van der Waals surface area contributed by atoms with Crippen LogP contribution in [-0.2, 0) is 7.05 Å². The van der Waals surface area contributed by atoms with Gasteiger partial charge in [-0.1, -0.05) is 31.5 Å². The summed E-state index contributed by atoms with van der Waals surface area (Å²) >= 11 is 1.53. The zero-order valence-corrected chi connectivity index (χ0v) is 18.5. The zero-order chi connectivity index (χ0) is 21.3. The number of thiazole rings is 1. The predicted octanol–water partition coefficient (Wildman–Crippen LogP) is 5.20. The molecule has 0 aliphatic rings. The standard InChI is InChI=1S/C23H26N4O2S/c1-5-10-16(2)26-19(20-13-9-14-29-20)15-30-23(26)24-21-17(3)25(4)27(22(21)28)18-11-7-6-8-12-18/h6-9,11-16H,5,10H2,1-4H3. The number of benzene rings is 1. The Morgan fingerprint density at radius 1 is 1.17 bits per heavy atom. The summed E-state index contributed by atoms with van der Waals surface area (Å²) in [4.78, 5) is 18.9. The van der Waals surface area contributed by atoms with E-state index in [1.807, 2.05) is 61.1 Å². The molecule has 1 atom stereocenters. The number of hydrogen-bond acceptors (Lipinski definition) is 4. The van der Waals surface area contributed by atoms with E-state index in [-0.39, 0.29) is 11.6 Å². The van der Waals surface area contributed by atoms with Crippen LogP contribution in [0.15, 0.2) is 68.3 Å². The maximum absolute atomic E-state index is 13.3. The van der Waals surface area contributed by atoms with Crippen molar-refractivity contribution in [2.75, 3.05) is 0 Å². The van der Waals surface area contributed by atoms with Gasteiger partial charge in [0.2, 0.25) is 0 Å². The van der Waals surface area contributed by atoms with Gasteiger partial charge < -0.3 is 8.98 Å². The lowest BCUT2D eigenvalue weighted by atomic mass is 10.2. The molecule has 0 spiro atoms. The third-order valence-corrected chi connectivity index (χ3v) is 6.23. The summed E-state index contributed by atoms with van der Waals surface area (Å²) in [5.74, 6) is 0.808. The van der Waals surface area contributed by atoms with Crippen LogP contribution in [0.2, 0.25) is 0 Å². The molecule has 30 heavy (non-hydrogen) atoms. The smallest absolute Gasteiger partial charge is 0.297 e. The van der Waals surface area contributed by atoms with E-state index in [0.717, 1.165) is 40.5 Å². The molecular weight excluding hydrogens is 396 g/mol. The molecule has 0 N–H and O–H groups in total. The van der Waals surface area contributed by atoms with Gasteiger partial charge in [-0.3, -0.25) is 9.48 Å². The average Bonchev–Trinajstić information content (AvgIpc) is 3.45. The second kappa shape index (κ2) is 8.36. The summed E-state index contributed by atoms with van der Waals surface area (Å²) in [7, 11) is 1.89. The molecule has 4 aromatic rings. The molecule has 1 aromatic carbocycles. The highest BCUT2D eigenvalue weighted by molar-refractivity contribution is 7.07. The van der Waals surface area contributed by atoms with Gasteiger partial charge in [-0.25, -0.2) is 9.67 Å². The van der Waals surface area contributed by atoms with Crippen molar-refractivity contribution in [3.05, 3.63) is 75.0 Å². The van der Waals surface area contributed by atoms with Gasteiger partial charge in [0.15, 0.2) is 16.2 Å². The fourth-order valence-corrected chi connectivity index (χ4v) is 4.74.